The van der Waals surface area contributed by atoms with Gasteiger partial charge in [0.05, 0.1) is 6.54 Å². The molecule has 1 heterocycles. The molecular weight excluding hydrogens is 345 g/mol. The van der Waals surface area contributed by atoms with Gasteiger partial charge in [-0.25, -0.2) is 0 Å². The van der Waals surface area contributed by atoms with Crippen LogP contribution in [0.3, 0.4) is 0 Å². The summed E-state index contributed by atoms with van der Waals surface area (Å²) in [6, 6.07) is 13.1. The SMILES string of the molecule is C[C@@H](C(=O)Nc1ccc(OC(F)(F)F)cc1)[NH+]1CCc2ccccc2C1. The Kier molecular flexibility index (Phi) is 5.18. The fourth-order valence-electron chi connectivity index (χ4n) is 3.15. The van der Waals surface area contributed by atoms with Gasteiger partial charge in [0, 0.05) is 17.7 Å². The summed E-state index contributed by atoms with van der Waals surface area (Å²) in [5, 5.41) is 2.76. The van der Waals surface area contributed by atoms with Crippen molar-refractivity contribution in [1.29, 1.82) is 0 Å². The van der Waals surface area contributed by atoms with Crippen molar-refractivity contribution in [1.82, 2.24) is 0 Å². The molecule has 0 fully saturated rings. The normalized spacial score (nSPS) is 17.9. The number of carbonyl (C=O) groups excluding carboxylic acids is 1. The predicted molar refractivity (Wildman–Crippen MR) is 90.9 cm³/mol. The third kappa shape index (κ3) is 4.54. The zero-order chi connectivity index (χ0) is 18.7. The Hall–Kier alpha value is -2.54. The van der Waals surface area contributed by atoms with Crippen molar-refractivity contribution in [2.45, 2.75) is 32.3 Å². The fraction of sp³-hybridized carbons (Fsp3) is 0.316. The van der Waals surface area contributed by atoms with Gasteiger partial charge in [0.2, 0.25) is 0 Å². The molecule has 26 heavy (non-hydrogen) atoms. The zero-order valence-electron chi connectivity index (χ0n) is 14.3. The first-order valence-electron chi connectivity index (χ1n) is 8.40. The molecule has 1 amide bonds. The topological polar surface area (TPSA) is 42.8 Å². The molecule has 138 valence electrons. The Labute approximate surface area is 149 Å². The Morgan fingerprint density at radius 2 is 1.77 bits per heavy atom. The number of carbonyl (C=O) groups is 1. The Morgan fingerprint density at radius 3 is 2.42 bits per heavy atom. The van der Waals surface area contributed by atoms with E-state index < -0.39 is 6.36 Å². The number of amides is 1. The number of halogens is 3. The number of benzene rings is 2. The van der Waals surface area contributed by atoms with E-state index in [2.05, 4.69) is 22.2 Å². The molecular formula is C19H20F3N2O2+. The molecule has 1 aliphatic rings. The zero-order valence-corrected chi connectivity index (χ0v) is 14.3. The number of hydrogen-bond acceptors (Lipinski definition) is 2. The second-order valence-electron chi connectivity index (χ2n) is 6.39. The maximum atomic E-state index is 12.5. The minimum absolute atomic E-state index is 0.163. The van der Waals surface area contributed by atoms with Crippen molar-refractivity contribution >= 4 is 11.6 Å². The van der Waals surface area contributed by atoms with Gasteiger partial charge in [-0.05, 0) is 36.8 Å². The molecule has 2 atom stereocenters. The molecule has 0 bridgehead atoms. The third-order valence-corrected chi connectivity index (χ3v) is 4.61. The number of quaternary nitrogens is 1. The summed E-state index contributed by atoms with van der Waals surface area (Å²) in [5.74, 6) is -0.481. The van der Waals surface area contributed by atoms with Gasteiger partial charge in [-0.1, -0.05) is 24.3 Å². The highest BCUT2D eigenvalue weighted by atomic mass is 19.4. The van der Waals surface area contributed by atoms with Gasteiger partial charge in [0.1, 0.15) is 12.3 Å². The Balaban J connectivity index is 1.59. The van der Waals surface area contributed by atoms with Crippen LogP contribution in [0.15, 0.2) is 48.5 Å². The first-order valence-corrected chi connectivity index (χ1v) is 8.40. The van der Waals surface area contributed by atoms with E-state index >= 15 is 0 Å². The molecule has 0 radical (unpaired) electrons. The molecule has 3 rings (SSSR count). The Bertz CT molecular complexity index is 775. The van der Waals surface area contributed by atoms with E-state index in [4.69, 9.17) is 0 Å². The van der Waals surface area contributed by atoms with Crippen molar-refractivity contribution in [3.8, 4) is 5.75 Å². The first kappa shape index (κ1) is 18.3. The smallest absolute Gasteiger partial charge is 0.406 e. The lowest BCUT2D eigenvalue weighted by Crippen LogP contribution is -3.16. The highest BCUT2D eigenvalue weighted by Crippen LogP contribution is 2.24. The summed E-state index contributed by atoms with van der Waals surface area (Å²) in [4.78, 5) is 13.7. The second-order valence-corrected chi connectivity index (χ2v) is 6.39. The molecule has 0 aromatic heterocycles. The molecule has 1 aliphatic heterocycles. The molecule has 0 aliphatic carbocycles. The lowest BCUT2D eigenvalue weighted by atomic mass is 9.99. The molecule has 2 aromatic carbocycles. The molecule has 0 saturated carbocycles. The number of anilines is 1. The number of hydrogen-bond donors (Lipinski definition) is 2. The van der Waals surface area contributed by atoms with Crippen molar-refractivity contribution < 1.29 is 27.6 Å². The fourth-order valence-corrected chi connectivity index (χ4v) is 3.15. The summed E-state index contributed by atoms with van der Waals surface area (Å²) >= 11 is 0. The van der Waals surface area contributed by atoms with Crippen LogP contribution in [0.2, 0.25) is 0 Å². The number of ether oxygens (including phenoxy) is 1. The number of fused-ring (bicyclic) bond motifs is 1. The van der Waals surface area contributed by atoms with Gasteiger partial charge in [0.15, 0.2) is 6.04 Å². The second kappa shape index (κ2) is 7.37. The van der Waals surface area contributed by atoms with Gasteiger partial charge in [-0.3, -0.25) is 4.79 Å². The van der Waals surface area contributed by atoms with E-state index in [1.807, 2.05) is 19.1 Å². The van der Waals surface area contributed by atoms with Crippen LogP contribution in [0.4, 0.5) is 18.9 Å². The minimum Gasteiger partial charge on any atom is -0.406 e. The van der Waals surface area contributed by atoms with Crippen molar-refractivity contribution in [3.63, 3.8) is 0 Å². The van der Waals surface area contributed by atoms with E-state index in [-0.39, 0.29) is 17.7 Å². The monoisotopic (exact) mass is 365 g/mol. The summed E-state index contributed by atoms with van der Waals surface area (Å²) in [6.45, 7) is 3.51. The highest BCUT2D eigenvalue weighted by molar-refractivity contribution is 5.93. The predicted octanol–water partition coefficient (Wildman–Crippen LogP) is 2.55. The highest BCUT2D eigenvalue weighted by Gasteiger charge is 2.31. The van der Waals surface area contributed by atoms with Crippen LogP contribution in [0.5, 0.6) is 5.75 Å². The Morgan fingerprint density at radius 1 is 1.12 bits per heavy atom. The molecule has 2 N–H and O–H groups in total. The van der Waals surface area contributed by atoms with E-state index in [9.17, 15) is 18.0 Å². The summed E-state index contributed by atoms with van der Waals surface area (Å²) < 4.78 is 40.3. The minimum atomic E-state index is -4.73. The molecule has 0 saturated heterocycles. The van der Waals surface area contributed by atoms with Gasteiger partial charge < -0.3 is 15.0 Å². The molecule has 7 heteroatoms. The van der Waals surface area contributed by atoms with Crippen LogP contribution in [-0.2, 0) is 17.8 Å². The van der Waals surface area contributed by atoms with Crippen molar-refractivity contribution in [2.24, 2.45) is 0 Å². The van der Waals surface area contributed by atoms with E-state index in [1.54, 1.807) is 0 Å². The number of rotatable bonds is 4. The quantitative estimate of drug-likeness (QED) is 0.875. The van der Waals surface area contributed by atoms with Crippen molar-refractivity contribution in [3.05, 3.63) is 59.7 Å². The summed E-state index contributed by atoms with van der Waals surface area (Å²) in [5.41, 5.74) is 3.01. The van der Waals surface area contributed by atoms with E-state index in [0.717, 1.165) is 19.5 Å². The van der Waals surface area contributed by atoms with Gasteiger partial charge in [0.25, 0.3) is 5.91 Å². The molecule has 0 spiro atoms. The standard InChI is InChI=1S/C19H19F3N2O2/c1-13(24-11-10-14-4-2-3-5-15(14)12-24)18(25)23-16-6-8-17(9-7-16)26-19(20,21)22/h2-9,13H,10-12H2,1H3,(H,23,25)/p+1/t13-/m0/s1. The van der Waals surface area contributed by atoms with Crippen LogP contribution in [-0.4, -0.2) is 24.9 Å². The third-order valence-electron chi connectivity index (χ3n) is 4.61. The summed E-state index contributed by atoms with van der Waals surface area (Å²) in [6.07, 6.45) is -3.81. The van der Waals surface area contributed by atoms with Crippen LogP contribution in [0, 0.1) is 0 Å². The lowest BCUT2D eigenvalue weighted by molar-refractivity contribution is -0.929. The largest absolute Gasteiger partial charge is 0.573 e. The van der Waals surface area contributed by atoms with E-state index in [1.165, 1.54) is 40.3 Å². The van der Waals surface area contributed by atoms with Gasteiger partial charge in [-0.15, -0.1) is 13.2 Å². The average Bonchev–Trinajstić information content (AvgIpc) is 2.61. The molecule has 2 aromatic rings. The number of nitrogens with one attached hydrogen (secondary N) is 2. The van der Waals surface area contributed by atoms with Crippen LogP contribution < -0.4 is 15.0 Å². The summed E-state index contributed by atoms with van der Waals surface area (Å²) in [7, 11) is 0. The maximum absolute atomic E-state index is 12.5. The van der Waals surface area contributed by atoms with Gasteiger partial charge >= 0.3 is 6.36 Å². The molecule has 4 nitrogen and oxygen atoms in total. The van der Waals surface area contributed by atoms with Crippen LogP contribution in [0.25, 0.3) is 0 Å². The lowest BCUT2D eigenvalue weighted by Gasteiger charge is -2.30. The number of alkyl halides is 3. The van der Waals surface area contributed by atoms with Crippen molar-refractivity contribution in [2.75, 3.05) is 11.9 Å². The van der Waals surface area contributed by atoms with E-state index in [0.29, 0.717) is 5.69 Å². The van der Waals surface area contributed by atoms with Crippen LogP contribution in [0.1, 0.15) is 18.1 Å². The van der Waals surface area contributed by atoms with Gasteiger partial charge in [-0.2, -0.15) is 0 Å². The first-order chi connectivity index (χ1) is 12.3. The maximum Gasteiger partial charge on any atom is 0.573 e. The van der Waals surface area contributed by atoms with Crippen LogP contribution >= 0.6 is 0 Å². The molecule has 1 unspecified atom stereocenters. The average molecular weight is 365 g/mol.